The van der Waals surface area contributed by atoms with Gasteiger partial charge in [-0.25, -0.2) is 8.42 Å². The Hall–Kier alpha value is -2.49. The maximum absolute atomic E-state index is 12.8. The monoisotopic (exact) mass is 420 g/mol. The highest BCUT2D eigenvalue weighted by Crippen LogP contribution is 2.28. The third-order valence-electron chi connectivity index (χ3n) is 4.24. The predicted octanol–water partition coefficient (Wildman–Crippen LogP) is 2.96. The Labute approximate surface area is 169 Å². The molecule has 0 fully saturated rings. The van der Waals surface area contributed by atoms with Gasteiger partial charge in [0.25, 0.3) is 0 Å². The Morgan fingerprint density at radius 1 is 1.11 bits per heavy atom. The molecule has 2 aromatic carbocycles. The van der Waals surface area contributed by atoms with Crippen LogP contribution in [-0.4, -0.2) is 46.0 Å². The summed E-state index contributed by atoms with van der Waals surface area (Å²) in [4.78, 5) is 0.0746. The fourth-order valence-electron chi connectivity index (χ4n) is 2.78. The van der Waals surface area contributed by atoms with Gasteiger partial charge in [-0.2, -0.15) is 8.99 Å². The Kier molecular flexibility index (Phi) is 6.28. The SMILES string of the molecule is CCN(CC)S(=O)(=O)c1cc(NCc2nnnn2-c2ccccc2)ccc1Cl. The molecule has 10 heteroatoms. The average molecular weight is 421 g/mol. The van der Waals surface area contributed by atoms with Crippen LogP contribution in [0.15, 0.2) is 53.4 Å². The molecule has 3 aromatic rings. The minimum Gasteiger partial charge on any atom is -0.378 e. The molecule has 0 spiro atoms. The zero-order valence-corrected chi connectivity index (χ0v) is 17.2. The maximum atomic E-state index is 12.8. The number of nitrogens with zero attached hydrogens (tertiary/aromatic N) is 5. The second-order valence-electron chi connectivity index (χ2n) is 5.93. The molecule has 0 radical (unpaired) electrons. The molecule has 0 atom stereocenters. The van der Waals surface area contributed by atoms with E-state index in [1.807, 2.05) is 30.3 Å². The van der Waals surface area contributed by atoms with Gasteiger partial charge in [-0.15, -0.1) is 5.10 Å². The van der Waals surface area contributed by atoms with E-state index in [4.69, 9.17) is 11.6 Å². The van der Waals surface area contributed by atoms with Crippen molar-refractivity contribution in [3.8, 4) is 5.69 Å². The van der Waals surface area contributed by atoms with Crippen molar-refractivity contribution >= 4 is 27.3 Å². The van der Waals surface area contributed by atoms with Crippen molar-refractivity contribution in [1.29, 1.82) is 0 Å². The molecule has 0 amide bonds. The number of aromatic nitrogens is 4. The lowest BCUT2D eigenvalue weighted by molar-refractivity contribution is 0.445. The highest BCUT2D eigenvalue weighted by Gasteiger charge is 2.24. The van der Waals surface area contributed by atoms with E-state index in [-0.39, 0.29) is 9.92 Å². The van der Waals surface area contributed by atoms with E-state index < -0.39 is 10.0 Å². The number of tetrazole rings is 1. The average Bonchev–Trinajstić information content (AvgIpc) is 3.17. The van der Waals surface area contributed by atoms with Gasteiger partial charge in [0.15, 0.2) is 5.82 Å². The lowest BCUT2D eigenvalue weighted by atomic mass is 10.3. The summed E-state index contributed by atoms with van der Waals surface area (Å²) in [6.07, 6.45) is 0. The minimum absolute atomic E-state index is 0.0746. The highest BCUT2D eigenvalue weighted by atomic mass is 35.5. The maximum Gasteiger partial charge on any atom is 0.244 e. The lowest BCUT2D eigenvalue weighted by Crippen LogP contribution is -2.30. The summed E-state index contributed by atoms with van der Waals surface area (Å²) in [5.74, 6) is 0.592. The third-order valence-corrected chi connectivity index (χ3v) is 6.77. The summed E-state index contributed by atoms with van der Waals surface area (Å²) in [6, 6.07) is 14.3. The van der Waals surface area contributed by atoms with E-state index in [0.717, 1.165) is 5.69 Å². The van der Waals surface area contributed by atoms with Crippen molar-refractivity contribution in [3.63, 3.8) is 0 Å². The minimum atomic E-state index is -3.66. The van der Waals surface area contributed by atoms with Crippen molar-refractivity contribution in [1.82, 2.24) is 24.5 Å². The molecule has 28 heavy (non-hydrogen) atoms. The van der Waals surface area contributed by atoms with Crippen molar-refractivity contribution in [2.75, 3.05) is 18.4 Å². The van der Waals surface area contributed by atoms with Crippen molar-refractivity contribution in [2.45, 2.75) is 25.3 Å². The Morgan fingerprint density at radius 3 is 2.50 bits per heavy atom. The standard InChI is InChI=1S/C18H21ClN6O2S/c1-3-24(4-2)28(26,27)17-12-14(10-11-16(17)19)20-13-18-21-22-23-25(18)15-8-6-5-7-9-15/h5-12,20H,3-4,13H2,1-2H3. The van der Waals surface area contributed by atoms with Crippen LogP contribution in [0.4, 0.5) is 5.69 Å². The molecule has 0 saturated carbocycles. The van der Waals surface area contributed by atoms with Crippen molar-refractivity contribution in [2.24, 2.45) is 0 Å². The van der Waals surface area contributed by atoms with Crippen LogP contribution in [0.25, 0.3) is 5.69 Å². The molecule has 1 aromatic heterocycles. The number of hydrogen-bond acceptors (Lipinski definition) is 6. The molecule has 1 heterocycles. The first-order chi connectivity index (χ1) is 13.5. The fraction of sp³-hybridized carbons (Fsp3) is 0.278. The molecule has 0 unspecified atom stereocenters. The molecule has 0 aliphatic rings. The molecule has 0 aliphatic carbocycles. The quantitative estimate of drug-likeness (QED) is 0.602. The lowest BCUT2D eigenvalue weighted by Gasteiger charge is -2.20. The second kappa shape index (κ2) is 8.68. The zero-order chi connectivity index (χ0) is 20.1. The molecule has 148 valence electrons. The van der Waals surface area contributed by atoms with Crippen LogP contribution in [0.5, 0.6) is 0 Å². The van der Waals surface area contributed by atoms with Gasteiger partial charge in [0.2, 0.25) is 10.0 Å². The van der Waals surface area contributed by atoms with E-state index in [0.29, 0.717) is 31.1 Å². The molecular formula is C18H21ClN6O2S. The Bertz CT molecular complexity index is 1040. The van der Waals surface area contributed by atoms with Crippen LogP contribution in [0.1, 0.15) is 19.7 Å². The summed E-state index contributed by atoms with van der Waals surface area (Å²) in [6.45, 7) is 4.65. The summed E-state index contributed by atoms with van der Waals surface area (Å²) < 4.78 is 28.6. The number of hydrogen-bond donors (Lipinski definition) is 1. The largest absolute Gasteiger partial charge is 0.378 e. The van der Waals surface area contributed by atoms with Gasteiger partial charge in [0.1, 0.15) is 4.90 Å². The van der Waals surface area contributed by atoms with Crippen molar-refractivity contribution in [3.05, 3.63) is 59.4 Å². The van der Waals surface area contributed by atoms with Crippen molar-refractivity contribution < 1.29 is 8.42 Å². The summed E-state index contributed by atoms with van der Waals surface area (Å²) in [5, 5.41) is 15.1. The van der Waals surface area contributed by atoms with Gasteiger partial charge in [0, 0.05) is 18.8 Å². The first kappa shape index (κ1) is 20.2. The predicted molar refractivity (Wildman–Crippen MR) is 108 cm³/mol. The van der Waals surface area contributed by atoms with E-state index in [1.54, 1.807) is 30.7 Å². The fourth-order valence-corrected chi connectivity index (χ4v) is 4.74. The van der Waals surface area contributed by atoms with Gasteiger partial charge >= 0.3 is 0 Å². The molecular weight excluding hydrogens is 400 g/mol. The molecule has 3 rings (SSSR count). The number of benzene rings is 2. The van der Waals surface area contributed by atoms with Crippen LogP contribution in [0, 0.1) is 0 Å². The van der Waals surface area contributed by atoms with Crippen LogP contribution in [0.3, 0.4) is 0 Å². The Morgan fingerprint density at radius 2 is 1.82 bits per heavy atom. The molecule has 0 aliphatic heterocycles. The number of rotatable bonds is 8. The highest BCUT2D eigenvalue weighted by molar-refractivity contribution is 7.89. The van der Waals surface area contributed by atoms with E-state index in [9.17, 15) is 8.42 Å². The third kappa shape index (κ3) is 4.16. The first-order valence-corrected chi connectivity index (χ1v) is 10.7. The molecule has 0 saturated heterocycles. The summed E-state index contributed by atoms with van der Waals surface area (Å²) >= 11 is 6.17. The number of anilines is 1. The summed E-state index contributed by atoms with van der Waals surface area (Å²) in [7, 11) is -3.66. The van der Waals surface area contributed by atoms with Crippen LogP contribution in [0.2, 0.25) is 5.02 Å². The van der Waals surface area contributed by atoms with Gasteiger partial charge in [-0.05, 0) is 40.8 Å². The number of nitrogens with one attached hydrogen (secondary N) is 1. The second-order valence-corrected chi connectivity index (χ2v) is 8.24. The number of sulfonamides is 1. The Balaban J connectivity index is 1.83. The molecule has 1 N–H and O–H groups in total. The zero-order valence-electron chi connectivity index (χ0n) is 15.6. The van der Waals surface area contributed by atoms with E-state index >= 15 is 0 Å². The molecule has 8 nitrogen and oxygen atoms in total. The summed E-state index contributed by atoms with van der Waals surface area (Å²) in [5.41, 5.74) is 1.45. The van der Waals surface area contributed by atoms with E-state index in [2.05, 4.69) is 20.8 Å². The van der Waals surface area contributed by atoms with Gasteiger partial charge in [-0.1, -0.05) is 43.6 Å². The first-order valence-electron chi connectivity index (χ1n) is 8.83. The number of para-hydroxylation sites is 1. The topological polar surface area (TPSA) is 93.0 Å². The smallest absolute Gasteiger partial charge is 0.244 e. The van der Waals surface area contributed by atoms with Crippen LogP contribution >= 0.6 is 11.6 Å². The van der Waals surface area contributed by atoms with Gasteiger partial charge in [0.05, 0.1) is 17.3 Å². The van der Waals surface area contributed by atoms with Gasteiger partial charge < -0.3 is 5.32 Å². The van der Waals surface area contributed by atoms with Crippen LogP contribution < -0.4 is 5.32 Å². The van der Waals surface area contributed by atoms with Gasteiger partial charge in [-0.3, -0.25) is 0 Å². The van der Waals surface area contributed by atoms with E-state index in [1.165, 1.54) is 10.4 Å². The number of halogens is 1. The normalized spacial score (nSPS) is 11.7. The molecule has 0 bridgehead atoms. The van der Waals surface area contributed by atoms with Crippen LogP contribution in [-0.2, 0) is 16.6 Å².